The molecule has 22 heavy (non-hydrogen) atoms. The summed E-state index contributed by atoms with van der Waals surface area (Å²) >= 11 is 0. The van der Waals surface area contributed by atoms with Crippen molar-refractivity contribution in [2.45, 2.75) is 20.3 Å². The Morgan fingerprint density at radius 2 is 2.14 bits per heavy atom. The number of rotatable bonds is 4. The Morgan fingerprint density at radius 3 is 2.91 bits per heavy atom. The van der Waals surface area contributed by atoms with Crippen LogP contribution < -0.4 is 10.9 Å². The second-order valence-electron chi connectivity index (χ2n) is 5.61. The summed E-state index contributed by atoms with van der Waals surface area (Å²) in [4.78, 5) is 27.2. The highest BCUT2D eigenvalue weighted by atomic mass is 16.2. The first-order valence-electron chi connectivity index (χ1n) is 7.22. The van der Waals surface area contributed by atoms with Gasteiger partial charge in [0, 0.05) is 6.54 Å². The van der Waals surface area contributed by atoms with Crippen LogP contribution in [0.15, 0.2) is 29.1 Å². The van der Waals surface area contributed by atoms with Crippen molar-refractivity contribution in [1.82, 2.24) is 25.1 Å². The number of benzene rings is 1. The molecule has 3 aromatic rings. The van der Waals surface area contributed by atoms with E-state index in [9.17, 15) is 9.59 Å². The van der Waals surface area contributed by atoms with Crippen LogP contribution in [0.2, 0.25) is 0 Å². The minimum Gasteiger partial charge on any atom is -0.351 e. The smallest absolute Gasteiger partial charge is 0.277 e. The average molecular weight is 299 g/mol. The van der Waals surface area contributed by atoms with Gasteiger partial charge in [-0.05, 0) is 24.5 Å². The minimum absolute atomic E-state index is 0.0516. The third-order valence-electron chi connectivity index (χ3n) is 3.49. The molecule has 114 valence electrons. The molecule has 0 fully saturated rings. The van der Waals surface area contributed by atoms with Crippen molar-refractivity contribution in [1.29, 1.82) is 0 Å². The summed E-state index contributed by atoms with van der Waals surface area (Å²) < 4.78 is 1.41. The zero-order chi connectivity index (χ0) is 15.7. The van der Waals surface area contributed by atoms with Crippen molar-refractivity contribution in [3.05, 3.63) is 40.3 Å². The molecule has 0 unspecified atom stereocenters. The van der Waals surface area contributed by atoms with Crippen LogP contribution in [0.5, 0.6) is 0 Å². The monoisotopic (exact) mass is 299 g/mol. The van der Waals surface area contributed by atoms with Crippen LogP contribution in [0.3, 0.4) is 0 Å². The predicted molar refractivity (Wildman–Crippen MR) is 82.9 cm³/mol. The fourth-order valence-corrected chi connectivity index (χ4v) is 2.31. The van der Waals surface area contributed by atoms with E-state index < -0.39 is 0 Å². The van der Waals surface area contributed by atoms with Gasteiger partial charge < -0.3 is 10.3 Å². The van der Waals surface area contributed by atoms with Crippen molar-refractivity contribution in [2.24, 2.45) is 5.92 Å². The molecule has 0 atom stereocenters. The van der Waals surface area contributed by atoms with Gasteiger partial charge in [0.05, 0.1) is 11.0 Å². The molecule has 2 aromatic heterocycles. The van der Waals surface area contributed by atoms with E-state index in [1.54, 1.807) is 6.07 Å². The number of H-pyrrole nitrogens is 1. The Bertz CT molecular complexity index is 894. The number of carbonyl (C=O) groups is 1. The summed E-state index contributed by atoms with van der Waals surface area (Å²) in [7, 11) is 0. The van der Waals surface area contributed by atoms with Gasteiger partial charge in [0.15, 0.2) is 11.2 Å². The number of amides is 1. The van der Waals surface area contributed by atoms with Gasteiger partial charge in [0.2, 0.25) is 0 Å². The molecule has 0 aliphatic carbocycles. The van der Waals surface area contributed by atoms with Gasteiger partial charge in [0.1, 0.15) is 0 Å². The lowest BCUT2D eigenvalue weighted by atomic mass is 10.1. The van der Waals surface area contributed by atoms with Gasteiger partial charge in [-0.2, -0.15) is 0 Å². The van der Waals surface area contributed by atoms with Crippen molar-refractivity contribution < 1.29 is 4.79 Å². The molecular weight excluding hydrogens is 282 g/mol. The predicted octanol–water partition coefficient (Wildman–Crippen LogP) is 1.35. The van der Waals surface area contributed by atoms with E-state index in [2.05, 4.69) is 34.5 Å². The summed E-state index contributed by atoms with van der Waals surface area (Å²) in [5.74, 6) is 0.112. The van der Waals surface area contributed by atoms with Crippen LogP contribution in [0.25, 0.3) is 16.6 Å². The zero-order valence-electron chi connectivity index (χ0n) is 12.5. The molecule has 0 saturated heterocycles. The van der Waals surface area contributed by atoms with E-state index >= 15 is 0 Å². The van der Waals surface area contributed by atoms with Crippen molar-refractivity contribution in [2.75, 3.05) is 6.54 Å². The summed E-state index contributed by atoms with van der Waals surface area (Å²) in [6.07, 6.45) is 0.865. The van der Waals surface area contributed by atoms with Crippen LogP contribution >= 0.6 is 0 Å². The maximum absolute atomic E-state index is 12.2. The van der Waals surface area contributed by atoms with E-state index in [4.69, 9.17) is 0 Å². The molecule has 2 N–H and O–H groups in total. The van der Waals surface area contributed by atoms with Crippen LogP contribution in [0.4, 0.5) is 0 Å². The Morgan fingerprint density at radius 1 is 1.36 bits per heavy atom. The van der Waals surface area contributed by atoms with Crippen LogP contribution in [0, 0.1) is 5.92 Å². The van der Waals surface area contributed by atoms with Crippen LogP contribution in [-0.4, -0.2) is 32.3 Å². The van der Waals surface area contributed by atoms with Crippen molar-refractivity contribution >= 4 is 22.5 Å². The molecule has 0 spiro atoms. The second-order valence-corrected chi connectivity index (χ2v) is 5.61. The highest BCUT2D eigenvalue weighted by Crippen LogP contribution is 2.12. The van der Waals surface area contributed by atoms with Gasteiger partial charge >= 0.3 is 0 Å². The molecule has 1 amide bonds. The standard InChI is InChI=1S/C15H17N5O2/c1-9(2)7-8-16-14(21)12-13-15(22)17-10-5-3-4-6-11(10)20(13)19-18-12/h3-6,9H,7-8H2,1-2H3,(H,16,21)(H,17,22). The van der Waals surface area contributed by atoms with Crippen LogP contribution in [0.1, 0.15) is 30.8 Å². The van der Waals surface area contributed by atoms with Gasteiger partial charge in [-0.1, -0.05) is 31.2 Å². The number of para-hydroxylation sites is 2. The molecule has 3 rings (SSSR count). The number of hydrogen-bond acceptors (Lipinski definition) is 4. The molecule has 0 radical (unpaired) electrons. The SMILES string of the molecule is CC(C)CCNC(=O)c1nnn2c1c(=O)[nH]c1ccccc12. The normalized spacial score (nSPS) is 11.4. The van der Waals surface area contributed by atoms with E-state index in [1.807, 2.05) is 18.2 Å². The lowest BCUT2D eigenvalue weighted by Crippen LogP contribution is -2.27. The molecule has 0 aliphatic heterocycles. The first kappa shape index (κ1) is 14.2. The summed E-state index contributed by atoms with van der Waals surface area (Å²) in [6, 6.07) is 7.25. The van der Waals surface area contributed by atoms with E-state index in [1.165, 1.54) is 4.52 Å². The topological polar surface area (TPSA) is 92.2 Å². The Kier molecular flexibility index (Phi) is 3.62. The second kappa shape index (κ2) is 5.59. The maximum atomic E-state index is 12.2. The summed E-state index contributed by atoms with van der Waals surface area (Å²) in [5.41, 5.74) is 1.19. The molecule has 0 bridgehead atoms. The quantitative estimate of drug-likeness (QED) is 0.760. The number of carbonyl (C=O) groups excluding carboxylic acids is 1. The number of fused-ring (bicyclic) bond motifs is 3. The minimum atomic E-state index is -0.378. The number of aromatic amines is 1. The third-order valence-corrected chi connectivity index (χ3v) is 3.49. The van der Waals surface area contributed by atoms with Gasteiger partial charge in [0.25, 0.3) is 11.5 Å². The number of nitrogens with zero attached hydrogens (tertiary/aromatic N) is 3. The van der Waals surface area contributed by atoms with Gasteiger partial charge in [-0.25, -0.2) is 4.52 Å². The number of hydrogen-bond donors (Lipinski definition) is 2. The molecule has 1 aromatic carbocycles. The Labute approximate surface area is 126 Å². The molecular formula is C15H17N5O2. The first-order valence-corrected chi connectivity index (χ1v) is 7.22. The summed E-state index contributed by atoms with van der Waals surface area (Å²) in [6.45, 7) is 4.70. The number of nitrogens with one attached hydrogen (secondary N) is 2. The zero-order valence-corrected chi connectivity index (χ0v) is 12.5. The van der Waals surface area contributed by atoms with Crippen molar-refractivity contribution in [3.8, 4) is 0 Å². The largest absolute Gasteiger partial charge is 0.351 e. The fraction of sp³-hybridized carbons (Fsp3) is 0.333. The van der Waals surface area contributed by atoms with E-state index in [0.717, 1.165) is 6.42 Å². The fourth-order valence-electron chi connectivity index (χ4n) is 2.31. The Hall–Kier alpha value is -2.70. The molecule has 0 aliphatic rings. The number of aromatic nitrogens is 4. The lowest BCUT2D eigenvalue weighted by molar-refractivity contribution is 0.0948. The summed E-state index contributed by atoms with van der Waals surface area (Å²) in [5, 5.41) is 10.6. The van der Waals surface area contributed by atoms with Crippen molar-refractivity contribution in [3.63, 3.8) is 0 Å². The van der Waals surface area contributed by atoms with Gasteiger partial charge in [-0.15, -0.1) is 5.10 Å². The third kappa shape index (κ3) is 2.45. The molecule has 0 saturated carbocycles. The van der Waals surface area contributed by atoms with Gasteiger partial charge in [-0.3, -0.25) is 9.59 Å². The van der Waals surface area contributed by atoms with E-state index in [0.29, 0.717) is 23.5 Å². The molecule has 7 heteroatoms. The highest BCUT2D eigenvalue weighted by Gasteiger charge is 2.19. The maximum Gasteiger partial charge on any atom is 0.277 e. The highest BCUT2D eigenvalue weighted by molar-refractivity contribution is 5.99. The average Bonchev–Trinajstić information content (AvgIpc) is 2.93. The van der Waals surface area contributed by atoms with E-state index in [-0.39, 0.29) is 22.7 Å². The lowest BCUT2D eigenvalue weighted by Gasteiger charge is -2.05. The molecule has 2 heterocycles. The van der Waals surface area contributed by atoms with Crippen LogP contribution in [-0.2, 0) is 0 Å². The Balaban J connectivity index is 2.03. The first-order chi connectivity index (χ1) is 10.6. The molecule has 7 nitrogen and oxygen atoms in total.